The van der Waals surface area contributed by atoms with Crippen LogP contribution >= 0.6 is 21.6 Å². The molecule has 0 unspecified atom stereocenters. The van der Waals surface area contributed by atoms with E-state index in [1.54, 1.807) is 27.8 Å². The predicted octanol–water partition coefficient (Wildman–Crippen LogP) is 2.81. The van der Waals surface area contributed by atoms with E-state index < -0.39 is 0 Å². The quantitative estimate of drug-likeness (QED) is 0.762. The summed E-state index contributed by atoms with van der Waals surface area (Å²) in [5.41, 5.74) is 1.32. The molecule has 0 amide bonds. The summed E-state index contributed by atoms with van der Waals surface area (Å²) in [6, 6.07) is 12.2. The smallest absolute Gasteiger partial charge is 0.133 e. The number of rotatable bonds is 4. The highest BCUT2D eigenvalue weighted by molar-refractivity contribution is 8.76. The summed E-state index contributed by atoms with van der Waals surface area (Å²) in [5.74, 6) is 0.968. The van der Waals surface area contributed by atoms with Crippen molar-refractivity contribution in [2.45, 2.75) is 10.8 Å². The van der Waals surface area contributed by atoms with Gasteiger partial charge in [0.1, 0.15) is 5.03 Å². The average Bonchev–Trinajstić information content (AvgIpc) is 2.32. The maximum Gasteiger partial charge on any atom is 0.133 e. The van der Waals surface area contributed by atoms with Gasteiger partial charge in [-0.1, -0.05) is 41.1 Å². The summed E-state index contributed by atoms with van der Waals surface area (Å²) in [6.45, 7) is 0. The highest BCUT2D eigenvalue weighted by Crippen LogP contribution is 2.31. The van der Waals surface area contributed by atoms with Crippen molar-refractivity contribution < 1.29 is 0 Å². The number of hydrogen-bond acceptors (Lipinski definition) is 5. The van der Waals surface area contributed by atoms with E-state index in [0.29, 0.717) is 0 Å². The van der Waals surface area contributed by atoms with Crippen molar-refractivity contribution in [2.24, 2.45) is 0 Å². The van der Waals surface area contributed by atoms with Gasteiger partial charge in [-0.2, -0.15) is 0 Å². The molecule has 15 heavy (non-hydrogen) atoms. The Morgan fingerprint density at radius 3 is 2.67 bits per heavy atom. The molecule has 1 aromatic carbocycles. The van der Waals surface area contributed by atoms with Gasteiger partial charge in [-0.05, 0) is 27.6 Å². The number of aromatic nitrogens is 3. The minimum Gasteiger partial charge on any atom is -0.139 e. The van der Waals surface area contributed by atoms with E-state index in [4.69, 9.17) is 0 Å². The topological polar surface area (TPSA) is 38.7 Å². The standard InChI is InChI=1S/C10H9N3S2/c1-2-4-9(5-3-1)8-14-15-10-6-7-11-13-12-10/h1-7H,8H2. The van der Waals surface area contributed by atoms with Gasteiger partial charge in [-0.15, -0.1) is 10.2 Å². The number of nitrogens with zero attached hydrogens (tertiary/aromatic N) is 3. The van der Waals surface area contributed by atoms with Crippen LogP contribution < -0.4 is 0 Å². The molecule has 0 saturated heterocycles. The van der Waals surface area contributed by atoms with Gasteiger partial charge >= 0.3 is 0 Å². The average molecular weight is 235 g/mol. The molecule has 0 aliphatic carbocycles. The third-order valence-corrected chi connectivity index (χ3v) is 3.87. The van der Waals surface area contributed by atoms with E-state index in [1.807, 2.05) is 24.3 Å². The zero-order valence-corrected chi connectivity index (χ0v) is 9.54. The first-order valence-corrected chi connectivity index (χ1v) is 6.75. The van der Waals surface area contributed by atoms with E-state index in [1.165, 1.54) is 5.56 Å². The van der Waals surface area contributed by atoms with Gasteiger partial charge in [-0.25, -0.2) is 0 Å². The van der Waals surface area contributed by atoms with Crippen molar-refractivity contribution in [3.05, 3.63) is 48.2 Å². The number of benzene rings is 1. The van der Waals surface area contributed by atoms with Gasteiger partial charge in [0, 0.05) is 5.75 Å². The maximum absolute atomic E-state index is 3.89. The molecule has 0 radical (unpaired) electrons. The minimum absolute atomic E-state index is 0.894. The molecule has 0 fully saturated rings. The van der Waals surface area contributed by atoms with Crippen LogP contribution in [0.5, 0.6) is 0 Å². The molecule has 1 heterocycles. The van der Waals surface area contributed by atoms with Gasteiger partial charge in [0.25, 0.3) is 0 Å². The van der Waals surface area contributed by atoms with Crippen LogP contribution in [0.4, 0.5) is 0 Å². The molecule has 2 rings (SSSR count). The van der Waals surface area contributed by atoms with Gasteiger partial charge < -0.3 is 0 Å². The summed E-state index contributed by atoms with van der Waals surface area (Å²) in [6.07, 6.45) is 1.65. The first-order chi connectivity index (χ1) is 7.45. The Balaban J connectivity index is 1.81. The summed E-state index contributed by atoms with van der Waals surface area (Å²) in [7, 11) is 3.36. The van der Waals surface area contributed by atoms with Crippen LogP contribution in [0.1, 0.15) is 5.56 Å². The summed E-state index contributed by atoms with van der Waals surface area (Å²) >= 11 is 0. The third kappa shape index (κ3) is 3.53. The lowest BCUT2D eigenvalue weighted by Gasteiger charge is -1.99. The second-order valence-electron chi connectivity index (χ2n) is 2.79. The molecule has 0 aliphatic heterocycles. The normalized spacial score (nSPS) is 10.1. The highest BCUT2D eigenvalue weighted by Gasteiger charge is 1.97. The van der Waals surface area contributed by atoms with Crippen molar-refractivity contribution in [1.82, 2.24) is 15.4 Å². The molecule has 3 nitrogen and oxygen atoms in total. The molecule has 2 aromatic rings. The van der Waals surface area contributed by atoms with Crippen molar-refractivity contribution >= 4 is 21.6 Å². The fourth-order valence-electron chi connectivity index (χ4n) is 1.01. The minimum atomic E-state index is 0.894. The largest absolute Gasteiger partial charge is 0.139 e. The van der Waals surface area contributed by atoms with Gasteiger partial charge in [-0.3, -0.25) is 0 Å². The molecular weight excluding hydrogens is 226 g/mol. The van der Waals surface area contributed by atoms with Gasteiger partial charge in [0.15, 0.2) is 0 Å². The van der Waals surface area contributed by atoms with Crippen molar-refractivity contribution in [3.8, 4) is 0 Å². The molecule has 0 aliphatic rings. The van der Waals surface area contributed by atoms with Crippen LogP contribution in [0.3, 0.4) is 0 Å². The molecule has 0 spiro atoms. The van der Waals surface area contributed by atoms with E-state index >= 15 is 0 Å². The fraction of sp³-hybridized carbons (Fsp3) is 0.100. The molecule has 5 heteroatoms. The van der Waals surface area contributed by atoms with Crippen LogP contribution in [-0.2, 0) is 5.75 Å². The summed E-state index contributed by atoms with van der Waals surface area (Å²) in [5, 5.41) is 12.0. The summed E-state index contributed by atoms with van der Waals surface area (Å²) in [4.78, 5) is 0. The zero-order chi connectivity index (χ0) is 10.3. The maximum atomic E-state index is 3.89. The Bertz CT molecular complexity index is 354. The SMILES string of the molecule is c1ccc(CSSc2ccnnn2)cc1. The number of hydrogen-bond donors (Lipinski definition) is 0. The predicted molar refractivity (Wildman–Crippen MR) is 63.4 cm³/mol. The molecule has 0 N–H and O–H groups in total. The Labute approximate surface area is 96.1 Å². The van der Waals surface area contributed by atoms with E-state index in [-0.39, 0.29) is 0 Å². The molecule has 76 valence electrons. The third-order valence-electron chi connectivity index (χ3n) is 1.69. The molecule has 1 aromatic heterocycles. The Morgan fingerprint density at radius 2 is 1.93 bits per heavy atom. The van der Waals surface area contributed by atoms with Crippen LogP contribution in [0, 0.1) is 0 Å². The van der Waals surface area contributed by atoms with Crippen LogP contribution in [0.2, 0.25) is 0 Å². The Hall–Kier alpha value is -1.07. The van der Waals surface area contributed by atoms with Crippen LogP contribution in [0.15, 0.2) is 47.6 Å². The van der Waals surface area contributed by atoms with Crippen LogP contribution in [-0.4, -0.2) is 15.4 Å². The first kappa shape index (κ1) is 10.4. The molecule has 0 saturated carbocycles. The van der Waals surface area contributed by atoms with E-state index in [9.17, 15) is 0 Å². The summed E-state index contributed by atoms with van der Waals surface area (Å²) < 4.78 is 0. The van der Waals surface area contributed by atoms with Gasteiger partial charge in [0.2, 0.25) is 0 Å². The highest BCUT2D eigenvalue weighted by atomic mass is 33.1. The van der Waals surface area contributed by atoms with Crippen LogP contribution in [0.25, 0.3) is 0 Å². The van der Waals surface area contributed by atoms with Crippen molar-refractivity contribution in [2.75, 3.05) is 0 Å². The zero-order valence-electron chi connectivity index (χ0n) is 7.91. The fourth-order valence-corrected chi connectivity index (χ4v) is 2.92. The molecule has 0 atom stereocenters. The molecule has 0 bridgehead atoms. The second-order valence-corrected chi connectivity index (χ2v) is 5.11. The van der Waals surface area contributed by atoms with Crippen molar-refractivity contribution in [3.63, 3.8) is 0 Å². The van der Waals surface area contributed by atoms with E-state index in [0.717, 1.165) is 10.8 Å². The van der Waals surface area contributed by atoms with Crippen molar-refractivity contribution in [1.29, 1.82) is 0 Å². The monoisotopic (exact) mass is 235 g/mol. The second kappa shape index (κ2) is 5.72. The van der Waals surface area contributed by atoms with Gasteiger partial charge in [0.05, 0.1) is 6.20 Å². The lowest BCUT2D eigenvalue weighted by Crippen LogP contribution is -1.85. The Kier molecular flexibility index (Phi) is 3.99. The lowest BCUT2D eigenvalue weighted by atomic mass is 10.2. The lowest BCUT2D eigenvalue weighted by molar-refractivity contribution is 0.805. The Morgan fingerprint density at radius 1 is 1.07 bits per heavy atom. The first-order valence-electron chi connectivity index (χ1n) is 4.43. The molecular formula is C10H9N3S2. The van der Waals surface area contributed by atoms with E-state index in [2.05, 4.69) is 27.5 Å².